The molecule has 7 nitrogen and oxygen atoms in total. The maximum absolute atomic E-state index is 12.4. The summed E-state index contributed by atoms with van der Waals surface area (Å²) in [6.07, 6.45) is 5.30. The maximum atomic E-state index is 12.4. The van der Waals surface area contributed by atoms with Crippen LogP contribution in [0.3, 0.4) is 0 Å². The molecule has 160 valence electrons. The third-order valence-corrected chi connectivity index (χ3v) is 6.30. The number of rotatable bonds is 9. The third-order valence-electron chi connectivity index (χ3n) is 5.26. The van der Waals surface area contributed by atoms with Crippen molar-refractivity contribution in [1.82, 2.24) is 20.2 Å². The molecule has 2 fully saturated rings. The Bertz CT molecular complexity index is 731. The molecule has 0 spiro atoms. The van der Waals surface area contributed by atoms with Crippen LogP contribution in [-0.2, 0) is 9.59 Å². The van der Waals surface area contributed by atoms with E-state index in [9.17, 15) is 9.59 Å². The fraction of sp³-hybridized carbons (Fsp3) is 0.700. The highest BCUT2D eigenvalue weighted by atomic mass is 35.5. The van der Waals surface area contributed by atoms with Gasteiger partial charge in [0.15, 0.2) is 5.16 Å². The number of thioether (sulfide) groups is 1. The van der Waals surface area contributed by atoms with Gasteiger partial charge in [-0.3, -0.25) is 9.59 Å². The predicted octanol–water partition coefficient (Wildman–Crippen LogP) is 2.98. The highest BCUT2D eigenvalue weighted by Gasteiger charge is 2.37. The number of piperazine rings is 1. The molecule has 1 aromatic heterocycles. The lowest BCUT2D eigenvalue weighted by molar-refractivity contribution is -0.135. The minimum atomic E-state index is -0.0166. The first-order valence-corrected chi connectivity index (χ1v) is 11.8. The smallest absolute Gasteiger partial charge is 0.230 e. The fourth-order valence-corrected chi connectivity index (χ4v) is 4.36. The van der Waals surface area contributed by atoms with Crippen LogP contribution in [0.15, 0.2) is 11.2 Å². The van der Waals surface area contributed by atoms with Crippen molar-refractivity contribution in [2.24, 2.45) is 5.92 Å². The van der Waals surface area contributed by atoms with Crippen molar-refractivity contribution < 1.29 is 9.59 Å². The van der Waals surface area contributed by atoms with Crippen LogP contribution >= 0.6 is 23.4 Å². The van der Waals surface area contributed by atoms with E-state index in [0.29, 0.717) is 35.9 Å². The van der Waals surface area contributed by atoms with Gasteiger partial charge in [0.25, 0.3) is 0 Å². The van der Waals surface area contributed by atoms with Gasteiger partial charge in [-0.25, -0.2) is 9.97 Å². The second kappa shape index (κ2) is 10.5. The minimum absolute atomic E-state index is 0.0166. The van der Waals surface area contributed by atoms with Gasteiger partial charge in [0, 0.05) is 44.2 Å². The Labute approximate surface area is 182 Å². The SMILES string of the molecule is CCCCCNC(=O)CSc1nc(Cl)cc(N2CCN(C(=O)C3CC3)C(C)C2)n1. The van der Waals surface area contributed by atoms with E-state index in [1.54, 1.807) is 6.07 Å². The van der Waals surface area contributed by atoms with E-state index in [2.05, 4.69) is 34.0 Å². The summed E-state index contributed by atoms with van der Waals surface area (Å²) >= 11 is 7.51. The Morgan fingerprint density at radius 1 is 1.28 bits per heavy atom. The molecule has 1 saturated carbocycles. The lowest BCUT2D eigenvalue weighted by Crippen LogP contribution is -2.54. The van der Waals surface area contributed by atoms with Crippen LogP contribution in [0.1, 0.15) is 46.0 Å². The largest absolute Gasteiger partial charge is 0.355 e. The Morgan fingerprint density at radius 3 is 2.76 bits per heavy atom. The van der Waals surface area contributed by atoms with Crippen molar-refractivity contribution in [1.29, 1.82) is 0 Å². The fourth-order valence-electron chi connectivity index (χ4n) is 3.45. The summed E-state index contributed by atoms with van der Waals surface area (Å²) < 4.78 is 0. The molecule has 0 radical (unpaired) electrons. The van der Waals surface area contributed by atoms with Gasteiger partial charge in [0.05, 0.1) is 5.75 Å². The van der Waals surface area contributed by atoms with Crippen molar-refractivity contribution in [3.05, 3.63) is 11.2 Å². The van der Waals surface area contributed by atoms with Crippen LogP contribution in [-0.4, -0.2) is 64.7 Å². The lowest BCUT2D eigenvalue weighted by Gasteiger charge is -2.40. The van der Waals surface area contributed by atoms with Crippen LogP contribution in [0.2, 0.25) is 5.15 Å². The molecule has 1 aliphatic carbocycles. The van der Waals surface area contributed by atoms with Gasteiger partial charge in [0.1, 0.15) is 11.0 Å². The van der Waals surface area contributed by atoms with E-state index in [1.165, 1.54) is 11.8 Å². The van der Waals surface area contributed by atoms with Crippen molar-refractivity contribution in [2.75, 3.05) is 36.8 Å². The second-order valence-electron chi connectivity index (χ2n) is 7.78. The van der Waals surface area contributed by atoms with Gasteiger partial charge in [-0.05, 0) is 26.2 Å². The molecule has 2 aliphatic rings. The number of anilines is 1. The molecule has 1 N–H and O–H groups in total. The average molecular weight is 440 g/mol. The molecule has 0 bridgehead atoms. The number of hydrogen-bond donors (Lipinski definition) is 1. The molecule has 0 aromatic carbocycles. The molecular weight excluding hydrogens is 410 g/mol. The number of hydrogen-bond acceptors (Lipinski definition) is 6. The van der Waals surface area contributed by atoms with Gasteiger partial charge < -0.3 is 15.1 Å². The average Bonchev–Trinajstić information content (AvgIpc) is 3.54. The molecule has 3 rings (SSSR count). The Hall–Kier alpha value is -1.54. The number of carbonyl (C=O) groups excluding carboxylic acids is 2. The Kier molecular flexibility index (Phi) is 8.00. The molecule has 1 saturated heterocycles. The van der Waals surface area contributed by atoms with E-state index < -0.39 is 0 Å². The Balaban J connectivity index is 1.53. The van der Waals surface area contributed by atoms with Crippen molar-refractivity contribution in [3.63, 3.8) is 0 Å². The van der Waals surface area contributed by atoms with E-state index >= 15 is 0 Å². The van der Waals surface area contributed by atoms with E-state index in [0.717, 1.165) is 44.5 Å². The first-order valence-electron chi connectivity index (χ1n) is 10.5. The van der Waals surface area contributed by atoms with Crippen LogP contribution in [0.4, 0.5) is 5.82 Å². The molecular formula is C20H30ClN5O2S. The summed E-state index contributed by atoms with van der Waals surface area (Å²) in [7, 11) is 0. The second-order valence-corrected chi connectivity index (χ2v) is 9.11. The van der Waals surface area contributed by atoms with Crippen LogP contribution < -0.4 is 10.2 Å². The van der Waals surface area contributed by atoms with Gasteiger partial charge >= 0.3 is 0 Å². The number of nitrogens with zero attached hydrogens (tertiary/aromatic N) is 4. The minimum Gasteiger partial charge on any atom is -0.355 e. The summed E-state index contributed by atoms with van der Waals surface area (Å²) in [6, 6.07) is 1.89. The number of amides is 2. The molecule has 1 aliphatic heterocycles. The van der Waals surface area contributed by atoms with Gasteiger partial charge in [-0.1, -0.05) is 43.1 Å². The summed E-state index contributed by atoms with van der Waals surface area (Å²) in [5, 5.41) is 3.79. The zero-order valence-electron chi connectivity index (χ0n) is 17.2. The zero-order chi connectivity index (χ0) is 20.8. The highest BCUT2D eigenvalue weighted by Crippen LogP contribution is 2.32. The van der Waals surface area contributed by atoms with E-state index in [-0.39, 0.29) is 23.6 Å². The monoisotopic (exact) mass is 439 g/mol. The number of carbonyl (C=O) groups is 2. The predicted molar refractivity (Wildman–Crippen MR) is 116 cm³/mol. The molecule has 1 unspecified atom stereocenters. The maximum Gasteiger partial charge on any atom is 0.230 e. The van der Waals surface area contributed by atoms with Crippen LogP contribution in [0.25, 0.3) is 0 Å². The highest BCUT2D eigenvalue weighted by molar-refractivity contribution is 7.99. The molecule has 1 atom stereocenters. The van der Waals surface area contributed by atoms with Crippen molar-refractivity contribution >= 4 is 41.0 Å². The number of nitrogens with one attached hydrogen (secondary N) is 1. The first-order chi connectivity index (χ1) is 14.0. The first kappa shape index (κ1) is 22.2. The third kappa shape index (κ3) is 6.47. The van der Waals surface area contributed by atoms with E-state index in [1.807, 2.05) is 4.90 Å². The number of halogens is 1. The standard InChI is InChI=1S/C20H30ClN5O2S/c1-3-4-5-8-22-18(27)13-29-20-23-16(21)11-17(24-20)25-9-10-26(14(2)12-25)19(28)15-6-7-15/h11,14-15H,3-10,12-13H2,1-2H3,(H,22,27). The van der Waals surface area contributed by atoms with Crippen molar-refractivity contribution in [2.45, 2.75) is 57.1 Å². The van der Waals surface area contributed by atoms with Crippen LogP contribution in [0, 0.1) is 5.92 Å². The number of unbranched alkanes of at least 4 members (excludes halogenated alkanes) is 2. The van der Waals surface area contributed by atoms with Crippen molar-refractivity contribution in [3.8, 4) is 0 Å². The molecule has 2 heterocycles. The van der Waals surface area contributed by atoms with Gasteiger partial charge in [-0.15, -0.1) is 0 Å². The number of aromatic nitrogens is 2. The summed E-state index contributed by atoms with van der Waals surface area (Å²) in [5.74, 6) is 1.54. The molecule has 2 amide bonds. The van der Waals surface area contributed by atoms with Gasteiger partial charge in [0.2, 0.25) is 11.8 Å². The van der Waals surface area contributed by atoms with E-state index in [4.69, 9.17) is 11.6 Å². The Morgan fingerprint density at radius 2 is 2.07 bits per heavy atom. The normalized spacial score (nSPS) is 19.3. The van der Waals surface area contributed by atoms with Crippen LogP contribution in [0.5, 0.6) is 0 Å². The summed E-state index contributed by atoms with van der Waals surface area (Å²) in [6.45, 7) is 7.05. The zero-order valence-corrected chi connectivity index (χ0v) is 18.8. The van der Waals surface area contributed by atoms with Gasteiger partial charge in [-0.2, -0.15) is 0 Å². The topological polar surface area (TPSA) is 78.4 Å². The molecule has 29 heavy (non-hydrogen) atoms. The lowest BCUT2D eigenvalue weighted by atomic mass is 10.1. The quantitative estimate of drug-likeness (QED) is 0.276. The summed E-state index contributed by atoms with van der Waals surface area (Å²) in [5.41, 5.74) is 0. The molecule has 1 aromatic rings. The molecule has 9 heteroatoms. The summed E-state index contributed by atoms with van der Waals surface area (Å²) in [4.78, 5) is 37.4.